The number of hydrogen-bond acceptors (Lipinski definition) is 4. The van der Waals surface area contributed by atoms with E-state index in [0.29, 0.717) is 17.0 Å². The molecule has 1 amide bonds. The molecule has 0 aliphatic carbocycles. The van der Waals surface area contributed by atoms with Crippen LogP contribution in [0.3, 0.4) is 0 Å². The Morgan fingerprint density at radius 1 is 1.10 bits per heavy atom. The Kier molecular flexibility index (Phi) is 6.87. The quantitative estimate of drug-likeness (QED) is 0.398. The zero-order valence-corrected chi connectivity index (χ0v) is 16.8. The molecule has 0 aliphatic rings. The van der Waals surface area contributed by atoms with E-state index < -0.39 is 0 Å². The van der Waals surface area contributed by atoms with Gasteiger partial charge < -0.3 is 10.4 Å². The molecule has 0 saturated heterocycles. The van der Waals surface area contributed by atoms with Gasteiger partial charge in [0.1, 0.15) is 5.75 Å². The third-order valence-electron chi connectivity index (χ3n) is 4.34. The Balaban J connectivity index is 1.57. The fourth-order valence-corrected chi connectivity index (χ4v) is 2.95. The summed E-state index contributed by atoms with van der Waals surface area (Å²) >= 11 is 6.22. The fourth-order valence-electron chi connectivity index (χ4n) is 2.75. The van der Waals surface area contributed by atoms with Crippen molar-refractivity contribution in [2.45, 2.75) is 13.3 Å². The minimum absolute atomic E-state index is 0.0867. The van der Waals surface area contributed by atoms with Crippen LogP contribution in [-0.2, 0) is 11.2 Å². The molecule has 3 aromatic carbocycles. The van der Waals surface area contributed by atoms with Crippen LogP contribution in [0.15, 0.2) is 71.8 Å². The standard InChI is InChI=1S/C23H22ClN3O2/c1-16-6-9-20(10-7-16)25-15-23(29)27-26-14-19-13-17(8-11-22(19)28)12-18-4-2-3-5-21(18)24/h2-11,13-14,25,28H,12,15H2,1H3,(H,27,29)/b26-14+. The second-order valence-electron chi connectivity index (χ2n) is 6.67. The number of carbonyl (C=O) groups excluding carboxylic acids is 1. The van der Waals surface area contributed by atoms with Gasteiger partial charge in [-0.2, -0.15) is 5.10 Å². The maximum atomic E-state index is 11.9. The van der Waals surface area contributed by atoms with E-state index in [1.165, 1.54) is 6.21 Å². The number of nitrogens with zero attached hydrogens (tertiary/aromatic N) is 1. The number of amides is 1. The number of aryl methyl sites for hydroxylation is 1. The lowest BCUT2D eigenvalue weighted by Crippen LogP contribution is -2.25. The van der Waals surface area contributed by atoms with Crippen LogP contribution in [0.1, 0.15) is 22.3 Å². The number of benzene rings is 3. The smallest absolute Gasteiger partial charge is 0.259 e. The van der Waals surface area contributed by atoms with Crippen molar-refractivity contribution in [3.63, 3.8) is 0 Å². The van der Waals surface area contributed by atoms with Gasteiger partial charge in [-0.25, -0.2) is 5.43 Å². The van der Waals surface area contributed by atoms with E-state index >= 15 is 0 Å². The molecule has 6 heteroatoms. The molecule has 0 aromatic heterocycles. The summed E-state index contributed by atoms with van der Waals surface area (Å²) in [6.07, 6.45) is 2.06. The summed E-state index contributed by atoms with van der Waals surface area (Å²) in [5, 5.41) is 17.7. The first-order valence-corrected chi connectivity index (χ1v) is 9.57. The molecule has 0 spiro atoms. The zero-order valence-electron chi connectivity index (χ0n) is 16.0. The lowest BCUT2D eigenvalue weighted by atomic mass is 10.0. The first-order chi connectivity index (χ1) is 14.0. The number of hydrazone groups is 1. The van der Waals surface area contributed by atoms with Crippen molar-refractivity contribution < 1.29 is 9.90 Å². The summed E-state index contributed by atoms with van der Waals surface area (Å²) in [6, 6.07) is 20.6. The molecule has 5 nitrogen and oxygen atoms in total. The van der Waals surface area contributed by atoms with E-state index in [9.17, 15) is 9.90 Å². The zero-order chi connectivity index (χ0) is 20.6. The summed E-state index contributed by atoms with van der Waals surface area (Å²) in [4.78, 5) is 11.9. The number of hydrogen-bond donors (Lipinski definition) is 3. The molecule has 0 radical (unpaired) electrons. The van der Waals surface area contributed by atoms with Gasteiger partial charge in [-0.1, -0.05) is 53.6 Å². The average molecular weight is 408 g/mol. The number of halogens is 1. The lowest BCUT2D eigenvalue weighted by Gasteiger charge is -2.07. The van der Waals surface area contributed by atoms with Gasteiger partial charge in [-0.15, -0.1) is 0 Å². The van der Waals surface area contributed by atoms with Gasteiger partial charge in [0.15, 0.2) is 0 Å². The molecular weight excluding hydrogens is 386 g/mol. The summed E-state index contributed by atoms with van der Waals surface area (Å²) in [5.41, 5.74) is 6.96. The monoisotopic (exact) mass is 407 g/mol. The number of phenolic OH excluding ortho intramolecular Hbond substituents is 1. The third-order valence-corrected chi connectivity index (χ3v) is 4.71. The van der Waals surface area contributed by atoms with Crippen molar-refractivity contribution in [3.8, 4) is 5.75 Å². The van der Waals surface area contributed by atoms with E-state index in [2.05, 4.69) is 15.8 Å². The molecule has 0 atom stereocenters. The van der Waals surface area contributed by atoms with Gasteiger partial charge in [-0.3, -0.25) is 4.79 Å². The highest BCUT2D eigenvalue weighted by atomic mass is 35.5. The summed E-state index contributed by atoms with van der Waals surface area (Å²) < 4.78 is 0. The Hall–Kier alpha value is -3.31. The van der Waals surface area contributed by atoms with E-state index in [4.69, 9.17) is 11.6 Å². The molecular formula is C23H22ClN3O2. The highest BCUT2D eigenvalue weighted by Gasteiger charge is 2.05. The van der Waals surface area contributed by atoms with Gasteiger partial charge >= 0.3 is 0 Å². The van der Waals surface area contributed by atoms with Crippen molar-refractivity contribution in [1.82, 2.24) is 5.43 Å². The first-order valence-electron chi connectivity index (χ1n) is 9.19. The predicted molar refractivity (Wildman–Crippen MR) is 118 cm³/mol. The largest absolute Gasteiger partial charge is 0.507 e. The van der Waals surface area contributed by atoms with Crippen LogP contribution >= 0.6 is 11.6 Å². The third kappa shape index (κ3) is 6.09. The molecule has 0 bridgehead atoms. The van der Waals surface area contributed by atoms with Crippen molar-refractivity contribution in [2.24, 2.45) is 5.10 Å². The van der Waals surface area contributed by atoms with Crippen LogP contribution in [0, 0.1) is 6.92 Å². The molecule has 3 N–H and O–H groups in total. The minimum atomic E-state index is -0.284. The summed E-state index contributed by atoms with van der Waals surface area (Å²) in [7, 11) is 0. The van der Waals surface area contributed by atoms with Crippen LogP contribution in [0.25, 0.3) is 0 Å². The molecule has 3 rings (SSSR count). The fraction of sp³-hybridized carbons (Fsp3) is 0.130. The SMILES string of the molecule is Cc1ccc(NCC(=O)N/N=C/c2cc(Cc3ccccc3Cl)ccc2O)cc1. The van der Waals surface area contributed by atoms with Crippen molar-refractivity contribution in [1.29, 1.82) is 0 Å². The Morgan fingerprint density at radius 2 is 1.86 bits per heavy atom. The molecule has 0 fully saturated rings. The Bertz CT molecular complexity index is 1020. The van der Waals surface area contributed by atoms with Gasteiger partial charge in [0.2, 0.25) is 0 Å². The highest BCUT2D eigenvalue weighted by Crippen LogP contribution is 2.22. The molecule has 148 valence electrons. The number of rotatable bonds is 7. The van der Waals surface area contributed by atoms with Crippen LogP contribution in [0.2, 0.25) is 5.02 Å². The predicted octanol–water partition coefficient (Wildman–Crippen LogP) is 4.51. The van der Waals surface area contributed by atoms with E-state index in [1.54, 1.807) is 6.07 Å². The van der Waals surface area contributed by atoms with Crippen LogP contribution < -0.4 is 10.7 Å². The lowest BCUT2D eigenvalue weighted by molar-refractivity contribution is -0.119. The summed E-state index contributed by atoms with van der Waals surface area (Å²) in [5.74, 6) is -0.197. The van der Waals surface area contributed by atoms with Crippen molar-refractivity contribution in [2.75, 3.05) is 11.9 Å². The molecule has 3 aromatic rings. The number of carbonyl (C=O) groups is 1. The average Bonchev–Trinajstić information content (AvgIpc) is 2.71. The topological polar surface area (TPSA) is 73.7 Å². The highest BCUT2D eigenvalue weighted by molar-refractivity contribution is 6.31. The molecule has 0 unspecified atom stereocenters. The van der Waals surface area contributed by atoms with Gasteiger partial charge in [-0.05, 0) is 54.8 Å². The first kappa shape index (κ1) is 20.4. The van der Waals surface area contributed by atoms with Crippen molar-refractivity contribution in [3.05, 3.63) is 94.0 Å². The van der Waals surface area contributed by atoms with E-state index in [1.807, 2.05) is 67.6 Å². The molecule has 29 heavy (non-hydrogen) atoms. The molecule has 0 aliphatic heterocycles. The Labute approximate surface area is 175 Å². The normalized spacial score (nSPS) is 10.8. The molecule has 0 saturated carbocycles. The van der Waals surface area contributed by atoms with E-state index in [0.717, 1.165) is 22.4 Å². The van der Waals surface area contributed by atoms with Gasteiger partial charge in [0.05, 0.1) is 12.8 Å². The molecule has 0 heterocycles. The van der Waals surface area contributed by atoms with Crippen LogP contribution in [-0.4, -0.2) is 23.8 Å². The number of nitrogens with one attached hydrogen (secondary N) is 2. The second kappa shape index (κ2) is 9.75. The van der Waals surface area contributed by atoms with E-state index in [-0.39, 0.29) is 18.2 Å². The Morgan fingerprint density at radius 3 is 2.62 bits per heavy atom. The number of aromatic hydroxyl groups is 1. The maximum Gasteiger partial charge on any atom is 0.259 e. The number of phenols is 1. The van der Waals surface area contributed by atoms with Crippen LogP contribution in [0.4, 0.5) is 5.69 Å². The van der Waals surface area contributed by atoms with Crippen LogP contribution in [0.5, 0.6) is 5.75 Å². The van der Waals surface area contributed by atoms with Gasteiger partial charge in [0.25, 0.3) is 5.91 Å². The second-order valence-corrected chi connectivity index (χ2v) is 7.08. The maximum absolute atomic E-state index is 11.9. The summed E-state index contributed by atoms with van der Waals surface area (Å²) in [6.45, 7) is 2.10. The minimum Gasteiger partial charge on any atom is -0.507 e. The number of anilines is 1. The van der Waals surface area contributed by atoms with Crippen molar-refractivity contribution >= 4 is 29.4 Å². The van der Waals surface area contributed by atoms with Gasteiger partial charge in [0, 0.05) is 16.3 Å².